The number of rotatable bonds is 9. The van der Waals surface area contributed by atoms with Gasteiger partial charge in [0, 0.05) is 12.1 Å². The van der Waals surface area contributed by atoms with Crippen molar-refractivity contribution < 1.29 is 19.5 Å². The highest BCUT2D eigenvalue weighted by Gasteiger charge is 2.19. The fraction of sp³-hybridized carbons (Fsp3) is 0.462. The molecule has 0 radical (unpaired) electrons. The summed E-state index contributed by atoms with van der Waals surface area (Å²) in [7, 11) is 0. The molecule has 6 nitrogen and oxygen atoms in total. The lowest BCUT2D eigenvalue weighted by Crippen LogP contribution is -2.41. The molecule has 0 saturated heterocycles. The van der Waals surface area contributed by atoms with Crippen LogP contribution in [0.25, 0.3) is 0 Å². The highest BCUT2D eigenvalue weighted by Crippen LogP contribution is 2.02. The Hall–Kier alpha value is -2.11. The molecule has 0 fully saturated rings. The van der Waals surface area contributed by atoms with E-state index < -0.39 is 17.9 Å². The SMILES string of the molecule is C=CC(=O)NCCCCC(NC(=O)C(=C)C)C(=O)O. The monoisotopic (exact) mass is 268 g/mol. The van der Waals surface area contributed by atoms with Crippen LogP contribution in [0.5, 0.6) is 0 Å². The largest absolute Gasteiger partial charge is 0.480 e. The molecule has 0 spiro atoms. The molecule has 6 heteroatoms. The van der Waals surface area contributed by atoms with E-state index in [1.807, 2.05) is 0 Å². The Morgan fingerprint density at radius 1 is 1.32 bits per heavy atom. The van der Waals surface area contributed by atoms with Crippen LogP contribution in [-0.4, -0.2) is 35.5 Å². The summed E-state index contributed by atoms with van der Waals surface area (Å²) in [6.07, 6.45) is 2.68. The van der Waals surface area contributed by atoms with Crippen molar-refractivity contribution >= 4 is 17.8 Å². The fourth-order valence-corrected chi connectivity index (χ4v) is 1.30. The Kier molecular flexibility index (Phi) is 7.92. The summed E-state index contributed by atoms with van der Waals surface area (Å²) >= 11 is 0. The van der Waals surface area contributed by atoms with Gasteiger partial charge in [-0.15, -0.1) is 0 Å². The molecule has 0 aliphatic rings. The molecule has 2 amide bonds. The number of nitrogens with one attached hydrogen (secondary N) is 2. The first-order chi connectivity index (χ1) is 8.88. The summed E-state index contributed by atoms with van der Waals surface area (Å²) in [4.78, 5) is 33.1. The van der Waals surface area contributed by atoms with Crippen molar-refractivity contribution in [1.29, 1.82) is 0 Å². The minimum Gasteiger partial charge on any atom is -0.480 e. The molecule has 19 heavy (non-hydrogen) atoms. The van der Waals surface area contributed by atoms with E-state index in [0.29, 0.717) is 25.8 Å². The molecule has 0 bridgehead atoms. The molecule has 0 aromatic carbocycles. The molecule has 0 rings (SSSR count). The Labute approximate surface area is 112 Å². The van der Waals surface area contributed by atoms with E-state index >= 15 is 0 Å². The van der Waals surface area contributed by atoms with Gasteiger partial charge in [0.15, 0.2) is 0 Å². The maximum Gasteiger partial charge on any atom is 0.326 e. The molecule has 0 aromatic heterocycles. The minimum atomic E-state index is -1.08. The van der Waals surface area contributed by atoms with Gasteiger partial charge in [0.2, 0.25) is 11.8 Å². The van der Waals surface area contributed by atoms with Crippen LogP contribution in [-0.2, 0) is 14.4 Å². The summed E-state index contributed by atoms with van der Waals surface area (Å²) in [6, 6.07) is -0.931. The van der Waals surface area contributed by atoms with E-state index in [-0.39, 0.29) is 11.5 Å². The number of carbonyl (C=O) groups excluding carboxylic acids is 2. The van der Waals surface area contributed by atoms with Crippen LogP contribution in [0.1, 0.15) is 26.2 Å². The Bertz CT molecular complexity index is 377. The second kappa shape index (κ2) is 8.91. The Morgan fingerprint density at radius 2 is 1.95 bits per heavy atom. The van der Waals surface area contributed by atoms with Gasteiger partial charge in [-0.3, -0.25) is 9.59 Å². The molecule has 0 aromatic rings. The summed E-state index contributed by atoms with van der Waals surface area (Å²) in [5, 5.41) is 13.9. The molecule has 0 saturated carbocycles. The number of carboxylic acid groups (broad SMARTS) is 1. The van der Waals surface area contributed by atoms with E-state index in [2.05, 4.69) is 23.8 Å². The molecule has 0 aliphatic heterocycles. The molecule has 0 aliphatic carbocycles. The lowest BCUT2D eigenvalue weighted by atomic mass is 10.1. The van der Waals surface area contributed by atoms with Gasteiger partial charge in [-0.05, 0) is 32.3 Å². The summed E-state index contributed by atoms with van der Waals surface area (Å²) in [5.74, 6) is -1.80. The van der Waals surface area contributed by atoms with Gasteiger partial charge in [-0.1, -0.05) is 13.2 Å². The average Bonchev–Trinajstić information content (AvgIpc) is 2.35. The predicted octanol–water partition coefficient (Wildman–Crippen LogP) is 0.604. The standard InChI is InChI=1S/C13H20N2O4/c1-4-11(16)14-8-6-5-7-10(13(18)19)15-12(17)9(2)3/h4,10H,1-2,5-8H2,3H3,(H,14,16)(H,15,17)(H,18,19). The quantitative estimate of drug-likeness (QED) is 0.421. The molecule has 1 atom stereocenters. The second-order valence-corrected chi connectivity index (χ2v) is 4.14. The molecular formula is C13H20N2O4. The lowest BCUT2D eigenvalue weighted by Gasteiger charge is -2.14. The van der Waals surface area contributed by atoms with Crippen molar-refractivity contribution in [2.24, 2.45) is 0 Å². The smallest absolute Gasteiger partial charge is 0.326 e. The highest BCUT2D eigenvalue weighted by molar-refractivity contribution is 5.94. The minimum absolute atomic E-state index is 0.259. The van der Waals surface area contributed by atoms with Crippen LogP contribution in [0, 0.1) is 0 Å². The van der Waals surface area contributed by atoms with Crippen molar-refractivity contribution in [3.05, 3.63) is 24.8 Å². The summed E-state index contributed by atoms with van der Waals surface area (Å²) < 4.78 is 0. The van der Waals surface area contributed by atoms with Gasteiger partial charge in [0.05, 0.1) is 0 Å². The number of carboxylic acids is 1. The average molecular weight is 268 g/mol. The third-order valence-corrected chi connectivity index (χ3v) is 2.40. The van der Waals surface area contributed by atoms with E-state index in [0.717, 1.165) is 0 Å². The van der Waals surface area contributed by atoms with Gasteiger partial charge in [0.25, 0.3) is 0 Å². The van der Waals surface area contributed by atoms with Gasteiger partial charge < -0.3 is 15.7 Å². The highest BCUT2D eigenvalue weighted by atomic mass is 16.4. The molecule has 3 N–H and O–H groups in total. The number of amides is 2. The van der Waals surface area contributed by atoms with Crippen LogP contribution in [0.2, 0.25) is 0 Å². The van der Waals surface area contributed by atoms with E-state index in [1.165, 1.54) is 13.0 Å². The van der Waals surface area contributed by atoms with E-state index in [9.17, 15) is 14.4 Å². The fourth-order valence-electron chi connectivity index (χ4n) is 1.30. The Balaban J connectivity index is 3.99. The van der Waals surface area contributed by atoms with Crippen LogP contribution in [0.3, 0.4) is 0 Å². The van der Waals surface area contributed by atoms with Crippen LogP contribution in [0.15, 0.2) is 24.8 Å². The molecular weight excluding hydrogens is 248 g/mol. The molecule has 106 valence electrons. The van der Waals surface area contributed by atoms with Crippen molar-refractivity contribution in [3.63, 3.8) is 0 Å². The maximum atomic E-state index is 11.3. The van der Waals surface area contributed by atoms with Crippen molar-refractivity contribution in [2.75, 3.05) is 6.54 Å². The first kappa shape index (κ1) is 16.9. The first-order valence-electron chi connectivity index (χ1n) is 5.98. The van der Waals surface area contributed by atoms with Crippen molar-refractivity contribution in [3.8, 4) is 0 Å². The van der Waals surface area contributed by atoms with Crippen molar-refractivity contribution in [1.82, 2.24) is 10.6 Å². The zero-order valence-corrected chi connectivity index (χ0v) is 11.1. The normalized spacial score (nSPS) is 11.2. The third kappa shape index (κ3) is 7.75. The van der Waals surface area contributed by atoms with E-state index in [4.69, 9.17) is 5.11 Å². The van der Waals surface area contributed by atoms with Gasteiger partial charge in [-0.25, -0.2) is 4.79 Å². The molecule has 1 unspecified atom stereocenters. The van der Waals surface area contributed by atoms with Gasteiger partial charge in [-0.2, -0.15) is 0 Å². The second-order valence-electron chi connectivity index (χ2n) is 4.14. The first-order valence-corrected chi connectivity index (χ1v) is 5.98. The zero-order valence-electron chi connectivity index (χ0n) is 11.1. The summed E-state index contributed by atoms with van der Waals surface area (Å²) in [5.41, 5.74) is 0.268. The zero-order chi connectivity index (χ0) is 14.8. The van der Waals surface area contributed by atoms with Crippen LogP contribution < -0.4 is 10.6 Å². The predicted molar refractivity (Wildman–Crippen MR) is 71.4 cm³/mol. The van der Waals surface area contributed by atoms with Crippen molar-refractivity contribution in [2.45, 2.75) is 32.2 Å². The molecule has 0 heterocycles. The number of hydrogen-bond donors (Lipinski definition) is 3. The van der Waals surface area contributed by atoms with Crippen LogP contribution in [0.4, 0.5) is 0 Å². The topological polar surface area (TPSA) is 95.5 Å². The van der Waals surface area contributed by atoms with Gasteiger partial charge >= 0.3 is 5.97 Å². The number of carbonyl (C=O) groups is 3. The number of unbranched alkanes of at least 4 members (excludes halogenated alkanes) is 1. The van der Waals surface area contributed by atoms with Crippen LogP contribution >= 0.6 is 0 Å². The number of hydrogen-bond acceptors (Lipinski definition) is 3. The Morgan fingerprint density at radius 3 is 2.42 bits per heavy atom. The maximum absolute atomic E-state index is 11.3. The number of aliphatic carboxylic acids is 1. The van der Waals surface area contributed by atoms with E-state index in [1.54, 1.807) is 0 Å². The third-order valence-electron chi connectivity index (χ3n) is 2.40. The lowest BCUT2D eigenvalue weighted by molar-refractivity contribution is -0.141. The van der Waals surface area contributed by atoms with Gasteiger partial charge in [0.1, 0.15) is 6.04 Å². The summed E-state index contributed by atoms with van der Waals surface area (Å²) in [6.45, 7) is 8.72.